The first-order valence-electron chi connectivity index (χ1n) is 10.1. The van der Waals surface area contributed by atoms with Crippen molar-refractivity contribution in [2.24, 2.45) is 23.5 Å². The fourth-order valence-electron chi connectivity index (χ4n) is 4.18. The van der Waals surface area contributed by atoms with Crippen LogP contribution in [0.4, 0.5) is 4.39 Å². The molecule has 9 heteroatoms. The Kier molecular flexibility index (Phi) is 6.89. The lowest BCUT2D eigenvalue weighted by Crippen LogP contribution is -2.45. The van der Waals surface area contributed by atoms with E-state index in [4.69, 9.17) is 5.73 Å². The molecule has 2 amide bonds. The number of nitrogens with one attached hydrogen (secondary N) is 1. The van der Waals surface area contributed by atoms with E-state index in [9.17, 15) is 22.4 Å². The Bertz CT molecular complexity index is 828. The molecule has 0 spiro atoms. The molecule has 2 aliphatic rings. The first kappa shape index (κ1) is 21.7. The number of benzene rings is 1. The highest BCUT2D eigenvalue weighted by atomic mass is 32.2. The number of nitrogens with two attached hydrogens (primary N) is 1. The van der Waals surface area contributed by atoms with Gasteiger partial charge in [-0.05, 0) is 68.7 Å². The second kappa shape index (κ2) is 9.21. The predicted molar refractivity (Wildman–Crippen MR) is 106 cm³/mol. The summed E-state index contributed by atoms with van der Waals surface area (Å²) in [5, 5.41) is 0. The third-order valence-electron chi connectivity index (χ3n) is 6.09. The maximum Gasteiger partial charge on any atom is 0.240 e. The molecule has 0 bridgehead atoms. The first-order valence-corrected chi connectivity index (χ1v) is 11.6. The van der Waals surface area contributed by atoms with E-state index in [0.29, 0.717) is 32.5 Å². The van der Waals surface area contributed by atoms with Crippen LogP contribution in [0.25, 0.3) is 0 Å². The normalized spacial score (nSPS) is 23.7. The molecule has 0 aromatic heterocycles. The molecule has 0 radical (unpaired) electrons. The van der Waals surface area contributed by atoms with Gasteiger partial charge in [-0.1, -0.05) is 0 Å². The highest BCUT2D eigenvalue weighted by Gasteiger charge is 2.32. The average molecular weight is 426 g/mol. The van der Waals surface area contributed by atoms with E-state index in [1.165, 1.54) is 12.1 Å². The Morgan fingerprint density at radius 1 is 1.00 bits per heavy atom. The monoisotopic (exact) mass is 425 g/mol. The maximum atomic E-state index is 13.0. The summed E-state index contributed by atoms with van der Waals surface area (Å²) in [5.41, 5.74) is 5.34. The van der Waals surface area contributed by atoms with Crippen LogP contribution < -0.4 is 10.5 Å². The molecule has 1 saturated carbocycles. The van der Waals surface area contributed by atoms with Crippen molar-refractivity contribution in [2.75, 3.05) is 19.6 Å². The van der Waals surface area contributed by atoms with Crippen molar-refractivity contribution >= 4 is 21.8 Å². The van der Waals surface area contributed by atoms with Gasteiger partial charge in [-0.25, -0.2) is 17.5 Å². The molecule has 160 valence electrons. The van der Waals surface area contributed by atoms with Crippen molar-refractivity contribution in [1.29, 1.82) is 0 Å². The maximum absolute atomic E-state index is 13.0. The van der Waals surface area contributed by atoms with Gasteiger partial charge in [0.15, 0.2) is 0 Å². The molecule has 29 heavy (non-hydrogen) atoms. The molecule has 1 aliphatic heterocycles. The van der Waals surface area contributed by atoms with E-state index < -0.39 is 15.8 Å². The average Bonchev–Trinajstić information content (AvgIpc) is 2.72. The van der Waals surface area contributed by atoms with Gasteiger partial charge in [-0.3, -0.25) is 9.59 Å². The number of likely N-dealkylation sites (tertiary alicyclic amines) is 1. The number of amides is 2. The Balaban J connectivity index is 1.44. The standard InChI is InChI=1S/C20H28FN3O4S/c21-17-5-7-18(8-6-17)29(27,28)23-13-14-1-3-16(4-2-14)20(26)24-11-9-15(10-12-24)19(22)25/h5-8,14-16,23H,1-4,9-13H2,(H2,22,25). The van der Waals surface area contributed by atoms with Crippen LogP contribution in [0.2, 0.25) is 0 Å². The number of nitrogens with zero attached hydrogens (tertiary/aromatic N) is 1. The van der Waals surface area contributed by atoms with E-state index >= 15 is 0 Å². The van der Waals surface area contributed by atoms with Gasteiger partial charge in [0, 0.05) is 31.5 Å². The Morgan fingerprint density at radius 3 is 2.14 bits per heavy atom. The molecule has 2 fully saturated rings. The van der Waals surface area contributed by atoms with E-state index in [1.54, 1.807) is 0 Å². The minimum atomic E-state index is -3.67. The van der Waals surface area contributed by atoms with Gasteiger partial charge in [0.2, 0.25) is 21.8 Å². The molecule has 7 nitrogen and oxygen atoms in total. The van der Waals surface area contributed by atoms with Crippen molar-refractivity contribution in [3.05, 3.63) is 30.1 Å². The Hall–Kier alpha value is -2.00. The van der Waals surface area contributed by atoms with Crippen molar-refractivity contribution in [1.82, 2.24) is 9.62 Å². The lowest BCUT2D eigenvalue weighted by molar-refractivity contribution is -0.139. The summed E-state index contributed by atoms with van der Waals surface area (Å²) in [5.74, 6) is -0.631. The quantitative estimate of drug-likeness (QED) is 0.722. The highest BCUT2D eigenvalue weighted by Crippen LogP contribution is 2.31. The van der Waals surface area contributed by atoms with Crippen LogP contribution in [-0.2, 0) is 19.6 Å². The Morgan fingerprint density at radius 2 is 1.59 bits per heavy atom. The zero-order valence-electron chi connectivity index (χ0n) is 16.3. The van der Waals surface area contributed by atoms with Crippen LogP contribution in [0.3, 0.4) is 0 Å². The van der Waals surface area contributed by atoms with E-state index in [-0.39, 0.29) is 34.5 Å². The summed E-state index contributed by atoms with van der Waals surface area (Å²) in [6.07, 6.45) is 4.28. The van der Waals surface area contributed by atoms with Crippen molar-refractivity contribution in [3.8, 4) is 0 Å². The SMILES string of the molecule is NC(=O)C1CCN(C(=O)C2CCC(CNS(=O)(=O)c3ccc(F)cc3)CC2)CC1. The summed E-state index contributed by atoms with van der Waals surface area (Å²) in [7, 11) is -3.67. The topological polar surface area (TPSA) is 110 Å². The van der Waals surface area contributed by atoms with Gasteiger partial charge >= 0.3 is 0 Å². The van der Waals surface area contributed by atoms with E-state index in [2.05, 4.69) is 4.72 Å². The number of carbonyl (C=O) groups is 2. The summed E-state index contributed by atoms with van der Waals surface area (Å²) in [4.78, 5) is 25.9. The summed E-state index contributed by atoms with van der Waals surface area (Å²) in [6, 6.07) is 4.73. The fraction of sp³-hybridized carbons (Fsp3) is 0.600. The van der Waals surface area contributed by atoms with Crippen LogP contribution in [-0.4, -0.2) is 44.8 Å². The molecule has 3 N–H and O–H groups in total. The second-order valence-corrected chi connectivity index (χ2v) is 9.79. The van der Waals surface area contributed by atoms with Gasteiger partial charge in [0.05, 0.1) is 4.90 Å². The summed E-state index contributed by atoms with van der Waals surface area (Å²) in [6.45, 7) is 1.46. The van der Waals surface area contributed by atoms with Gasteiger partial charge in [-0.2, -0.15) is 0 Å². The van der Waals surface area contributed by atoms with Crippen LogP contribution in [0, 0.1) is 23.6 Å². The third kappa shape index (κ3) is 5.54. The molecule has 1 aromatic carbocycles. The van der Waals surface area contributed by atoms with Gasteiger partial charge < -0.3 is 10.6 Å². The molecular weight excluding hydrogens is 397 g/mol. The minimum Gasteiger partial charge on any atom is -0.369 e. The van der Waals surface area contributed by atoms with Gasteiger partial charge in [0.25, 0.3) is 0 Å². The van der Waals surface area contributed by atoms with Crippen molar-refractivity contribution in [2.45, 2.75) is 43.4 Å². The molecule has 3 rings (SSSR count). The third-order valence-corrected chi connectivity index (χ3v) is 7.53. The molecule has 0 unspecified atom stereocenters. The second-order valence-electron chi connectivity index (χ2n) is 8.03. The number of piperidine rings is 1. The molecule has 1 saturated heterocycles. The number of hydrogen-bond acceptors (Lipinski definition) is 4. The van der Waals surface area contributed by atoms with E-state index in [0.717, 1.165) is 37.8 Å². The minimum absolute atomic E-state index is 0.0370. The summed E-state index contributed by atoms with van der Waals surface area (Å²) >= 11 is 0. The lowest BCUT2D eigenvalue weighted by Gasteiger charge is -2.35. The number of primary amides is 1. The molecule has 1 aromatic rings. The lowest BCUT2D eigenvalue weighted by atomic mass is 9.81. The van der Waals surface area contributed by atoms with Crippen LogP contribution in [0.15, 0.2) is 29.2 Å². The smallest absolute Gasteiger partial charge is 0.240 e. The number of rotatable bonds is 6. The molecular formula is C20H28FN3O4S. The molecule has 0 atom stereocenters. The zero-order valence-corrected chi connectivity index (χ0v) is 17.2. The van der Waals surface area contributed by atoms with Gasteiger partial charge in [-0.15, -0.1) is 0 Å². The van der Waals surface area contributed by atoms with Crippen molar-refractivity contribution in [3.63, 3.8) is 0 Å². The molecule has 1 aliphatic carbocycles. The zero-order chi connectivity index (χ0) is 21.0. The van der Waals surface area contributed by atoms with Gasteiger partial charge in [0.1, 0.15) is 5.82 Å². The molecule has 1 heterocycles. The highest BCUT2D eigenvalue weighted by molar-refractivity contribution is 7.89. The predicted octanol–water partition coefficient (Wildman–Crippen LogP) is 1.63. The Labute approximate surface area is 170 Å². The largest absolute Gasteiger partial charge is 0.369 e. The van der Waals surface area contributed by atoms with E-state index in [1.807, 2.05) is 4.90 Å². The van der Waals surface area contributed by atoms with Crippen molar-refractivity contribution < 1.29 is 22.4 Å². The van der Waals surface area contributed by atoms with Crippen LogP contribution >= 0.6 is 0 Å². The number of sulfonamides is 1. The number of hydrogen-bond donors (Lipinski definition) is 2. The number of halogens is 1. The van der Waals surface area contributed by atoms with Crippen LogP contribution in [0.1, 0.15) is 38.5 Å². The number of carbonyl (C=O) groups excluding carboxylic acids is 2. The summed E-state index contributed by atoms with van der Waals surface area (Å²) < 4.78 is 40.2. The first-order chi connectivity index (χ1) is 13.8. The van der Waals surface area contributed by atoms with Crippen LogP contribution in [0.5, 0.6) is 0 Å². The fourth-order valence-corrected chi connectivity index (χ4v) is 5.30.